The molecule has 1 saturated heterocycles. The van der Waals surface area contributed by atoms with Gasteiger partial charge in [-0.1, -0.05) is 11.6 Å². The quantitative estimate of drug-likeness (QED) is 0.776. The number of nitrogens with zero attached hydrogens (tertiary/aromatic N) is 3. The molecule has 2 heterocycles. The first-order valence-electron chi connectivity index (χ1n) is 8.68. The molecule has 1 N–H and O–H groups in total. The van der Waals surface area contributed by atoms with Crippen molar-refractivity contribution in [1.29, 1.82) is 0 Å². The maximum absolute atomic E-state index is 12.7. The van der Waals surface area contributed by atoms with E-state index in [-0.39, 0.29) is 22.7 Å². The molecule has 0 bridgehead atoms. The normalized spacial score (nSPS) is 17.0. The number of amides is 3. The summed E-state index contributed by atoms with van der Waals surface area (Å²) in [6, 6.07) is 3.33. The maximum atomic E-state index is 12.7. The Morgan fingerprint density at radius 2 is 1.85 bits per heavy atom. The molecule has 0 radical (unpaired) electrons. The molecule has 0 unspecified atom stereocenters. The molecule has 140 valence electrons. The summed E-state index contributed by atoms with van der Waals surface area (Å²) in [5, 5.41) is 2.94. The molecule has 0 spiro atoms. The second kappa shape index (κ2) is 7.90. The van der Waals surface area contributed by atoms with E-state index in [1.54, 1.807) is 17.0 Å². The average molecular weight is 381 g/mol. The highest BCUT2D eigenvalue weighted by Gasteiger charge is 2.32. The van der Waals surface area contributed by atoms with Crippen LogP contribution in [-0.2, 0) is 9.59 Å². The van der Waals surface area contributed by atoms with Crippen molar-refractivity contribution in [2.24, 2.45) is 0 Å². The van der Waals surface area contributed by atoms with E-state index >= 15 is 0 Å². The summed E-state index contributed by atoms with van der Waals surface area (Å²) in [5.74, 6) is -1.09. The summed E-state index contributed by atoms with van der Waals surface area (Å²) in [7, 11) is 0. The predicted molar refractivity (Wildman–Crippen MR) is 94.1 cm³/mol. The number of piperazine rings is 1. The third kappa shape index (κ3) is 4.24. The fourth-order valence-electron chi connectivity index (χ4n) is 2.68. The van der Waals surface area contributed by atoms with E-state index in [1.165, 1.54) is 4.90 Å². The molecule has 1 aromatic rings. The van der Waals surface area contributed by atoms with Crippen LogP contribution in [0.1, 0.15) is 30.3 Å². The highest BCUT2D eigenvalue weighted by molar-refractivity contribution is 6.35. The first-order chi connectivity index (χ1) is 12.5. The number of rotatable bonds is 4. The van der Waals surface area contributed by atoms with Crippen molar-refractivity contribution in [2.75, 3.05) is 32.8 Å². The predicted octanol–water partition coefficient (Wildman–Crippen LogP) is 0.697. The van der Waals surface area contributed by atoms with Crippen molar-refractivity contribution in [3.05, 3.63) is 22.8 Å². The van der Waals surface area contributed by atoms with Crippen molar-refractivity contribution < 1.29 is 19.1 Å². The lowest BCUT2D eigenvalue weighted by molar-refractivity contribution is -0.146. The molecule has 0 atom stereocenters. The Bertz CT molecular complexity index is 715. The van der Waals surface area contributed by atoms with Crippen molar-refractivity contribution in [2.45, 2.75) is 25.8 Å². The third-order valence-corrected chi connectivity index (χ3v) is 4.58. The number of hydrogen-bond donors (Lipinski definition) is 1. The van der Waals surface area contributed by atoms with E-state index in [1.807, 2.05) is 6.92 Å². The fourth-order valence-corrected chi connectivity index (χ4v) is 2.87. The molecule has 1 saturated carbocycles. The SMILES string of the molecule is CCOc1ccc(Cl)c(C(=O)N2CCN(C(=O)C(=O)NC3CC3)CC2)n1. The minimum Gasteiger partial charge on any atom is -0.478 e. The van der Waals surface area contributed by atoms with Crippen LogP contribution >= 0.6 is 11.6 Å². The number of nitrogens with one attached hydrogen (secondary N) is 1. The summed E-state index contributed by atoms with van der Waals surface area (Å²) in [5.41, 5.74) is 0.129. The van der Waals surface area contributed by atoms with Gasteiger partial charge in [-0.3, -0.25) is 14.4 Å². The average Bonchev–Trinajstić information content (AvgIpc) is 3.46. The van der Waals surface area contributed by atoms with Gasteiger partial charge >= 0.3 is 11.8 Å². The molecule has 2 fully saturated rings. The number of halogens is 1. The molecular weight excluding hydrogens is 360 g/mol. The van der Waals surface area contributed by atoms with Crippen LogP contribution in [-0.4, -0.2) is 71.3 Å². The number of carbonyl (C=O) groups is 3. The van der Waals surface area contributed by atoms with E-state index in [9.17, 15) is 14.4 Å². The van der Waals surface area contributed by atoms with Crippen LogP contribution in [0.2, 0.25) is 5.02 Å². The van der Waals surface area contributed by atoms with Gasteiger partial charge in [0.25, 0.3) is 5.91 Å². The first kappa shape index (κ1) is 18.4. The Kier molecular flexibility index (Phi) is 5.61. The molecule has 8 nitrogen and oxygen atoms in total. The zero-order valence-corrected chi connectivity index (χ0v) is 15.3. The van der Waals surface area contributed by atoms with E-state index in [0.717, 1.165) is 12.8 Å². The molecule has 2 aliphatic rings. The molecular formula is C17H21ClN4O4. The first-order valence-corrected chi connectivity index (χ1v) is 9.05. The largest absolute Gasteiger partial charge is 0.478 e. The lowest BCUT2D eigenvalue weighted by Gasteiger charge is -2.34. The van der Waals surface area contributed by atoms with Crippen LogP contribution in [0.25, 0.3) is 0 Å². The smallest absolute Gasteiger partial charge is 0.312 e. The molecule has 3 amide bonds. The monoisotopic (exact) mass is 380 g/mol. The van der Waals surface area contributed by atoms with E-state index in [4.69, 9.17) is 16.3 Å². The summed E-state index contributed by atoms with van der Waals surface area (Å²) in [6.07, 6.45) is 1.85. The summed E-state index contributed by atoms with van der Waals surface area (Å²) in [6.45, 7) is 3.49. The van der Waals surface area contributed by atoms with E-state index in [2.05, 4.69) is 10.3 Å². The zero-order chi connectivity index (χ0) is 18.7. The molecule has 0 aromatic carbocycles. The summed E-state index contributed by atoms with van der Waals surface area (Å²) < 4.78 is 5.31. The molecule has 3 rings (SSSR count). The van der Waals surface area contributed by atoms with Crippen LogP contribution in [0, 0.1) is 0 Å². The maximum Gasteiger partial charge on any atom is 0.312 e. The van der Waals surface area contributed by atoms with Gasteiger partial charge in [0.1, 0.15) is 0 Å². The van der Waals surface area contributed by atoms with Gasteiger partial charge in [0.15, 0.2) is 5.69 Å². The van der Waals surface area contributed by atoms with Gasteiger partial charge in [-0.25, -0.2) is 4.98 Å². The van der Waals surface area contributed by atoms with Crippen LogP contribution in [0.5, 0.6) is 5.88 Å². The van der Waals surface area contributed by atoms with Gasteiger partial charge in [0, 0.05) is 38.3 Å². The van der Waals surface area contributed by atoms with Gasteiger partial charge in [0.2, 0.25) is 5.88 Å². The number of aromatic nitrogens is 1. The second-order valence-electron chi connectivity index (χ2n) is 6.25. The van der Waals surface area contributed by atoms with Crippen LogP contribution in [0.15, 0.2) is 12.1 Å². The summed E-state index contributed by atoms with van der Waals surface area (Å²) in [4.78, 5) is 43.9. The van der Waals surface area contributed by atoms with Crippen molar-refractivity contribution in [3.63, 3.8) is 0 Å². The van der Waals surface area contributed by atoms with E-state index < -0.39 is 11.8 Å². The van der Waals surface area contributed by atoms with Gasteiger partial charge in [-0.15, -0.1) is 0 Å². The van der Waals surface area contributed by atoms with Crippen molar-refractivity contribution in [3.8, 4) is 5.88 Å². The second-order valence-corrected chi connectivity index (χ2v) is 6.65. The van der Waals surface area contributed by atoms with Gasteiger partial charge in [0.05, 0.1) is 11.6 Å². The minimum atomic E-state index is -0.568. The Hall–Kier alpha value is -2.35. The Morgan fingerprint density at radius 3 is 2.46 bits per heavy atom. The summed E-state index contributed by atoms with van der Waals surface area (Å²) >= 11 is 6.10. The third-order valence-electron chi connectivity index (χ3n) is 4.28. The Labute approximate surface area is 156 Å². The number of carbonyl (C=O) groups excluding carboxylic acids is 3. The van der Waals surface area contributed by atoms with Gasteiger partial charge < -0.3 is 19.9 Å². The van der Waals surface area contributed by atoms with Crippen LogP contribution < -0.4 is 10.1 Å². The van der Waals surface area contributed by atoms with Crippen LogP contribution in [0.4, 0.5) is 0 Å². The highest BCUT2D eigenvalue weighted by atomic mass is 35.5. The topological polar surface area (TPSA) is 91.8 Å². The number of hydrogen-bond acceptors (Lipinski definition) is 5. The lowest BCUT2D eigenvalue weighted by Crippen LogP contribution is -2.54. The van der Waals surface area contributed by atoms with Gasteiger partial charge in [-0.05, 0) is 25.8 Å². The molecule has 26 heavy (non-hydrogen) atoms. The molecule has 1 aliphatic carbocycles. The number of ether oxygens (including phenoxy) is 1. The van der Waals surface area contributed by atoms with Crippen LogP contribution in [0.3, 0.4) is 0 Å². The number of pyridine rings is 1. The standard InChI is InChI=1S/C17H21ClN4O4/c1-2-26-13-6-5-12(18)14(20-13)16(24)21-7-9-22(10-8-21)17(25)15(23)19-11-3-4-11/h5-6,11H,2-4,7-10H2,1H3,(H,19,23). The lowest BCUT2D eigenvalue weighted by atomic mass is 10.2. The van der Waals surface area contributed by atoms with Crippen molar-refractivity contribution in [1.82, 2.24) is 20.1 Å². The molecule has 9 heteroatoms. The molecule has 1 aromatic heterocycles. The molecule has 1 aliphatic heterocycles. The minimum absolute atomic E-state index is 0.129. The zero-order valence-electron chi connectivity index (χ0n) is 14.5. The van der Waals surface area contributed by atoms with E-state index in [0.29, 0.717) is 38.7 Å². The Morgan fingerprint density at radius 1 is 1.19 bits per heavy atom. The van der Waals surface area contributed by atoms with Crippen molar-refractivity contribution >= 4 is 29.3 Å². The Balaban J connectivity index is 1.59. The van der Waals surface area contributed by atoms with Gasteiger partial charge in [-0.2, -0.15) is 0 Å². The fraction of sp³-hybridized carbons (Fsp3) is 0.529. The highest BCUT2D eigenvalue weighted by Crippen LogP contribution is 2.21.